The zero-order valence-electron chi connectivity index (χ0n) is 7.80. The highest BCUT2D eigenvalue weighted by molar-refractivity contribution is 9.09. The minimum Gasteiger partial charge on any atom is -0.207 e. The van der Waals surface area contributed by atoms with Crippen molar-refractivity contribution in [2.45, 2.75) is 11.8 Å². The maximum Gasteiger partial charge on any atom is 0.123 e. The highest BCUT2D eigenvalue weighted by Crippen LogP contribution is 2.29. The highest BCUT2D eigenvalue weighted by atomic mass is 79.9. The van der Waals surface area contributed by atoms with Gasteiger partial charge in [0.05, 0.1) is 0 Å². The van der Waals surface area contributed by atoms with Crippen LogP contribution >= 0.6 is 15.9 Å². The predicted molar refractivity (Wildman–Crippen MR) is 61.2 cm³/mol. The van der Waals surface area contributed by atoms with Crippen LogP contribution in [0.3, 0.4) is 0 Å². The summed E-state index contributed by atoms with van der Waals surface area (Å²) in [5, 5.41) is 2.06. The molecular weight excluding hydrogens is 243 g/mol. The molecule has 2 heteroatoms. The molecule has 0 N–H and O–H groups in total. The third-order valence-corrected chi connectivity index (χ3v) is 2.80. The molecule has 72 valence electrons. The van der Waals surface area contributed by atoms with E-state index in [-0.39, 0.29) is 10.6 Å². The van der Waals surface area contributed by atoms with Crippen LogP contribution in [0.2, 0.25) is 0 Å². The molecule has 0 amide bonds. The number of hydrogen-bond donors (Lipinski definition) is 0. The zero-order valence-corrected chi connectivity index (χ0v) is 9.38. The van der Waals surface area contributed by atoms with E-state index in [9.17, 15) is 4.39 Å². The van der Waals surface area contributed by atoms with E-state index in [1.165, 1.54) is 11.6 Å². The second kappa shape index (κ2) is 3.70. The van der Waals surface area contributed by atoms with E-state index < -0.39 is 0 Å². The van der Waals surface area contributed by atoms with Crippen molar-refractivity contribution in [2.24, 2.45) is 0 Å². The quantitative estimate of drug-likeness (QED) is 0.659. The largest absolute Gasteiger partial charge is 0.207 e. The van der Waals surface area contributed by atoms with Gasteiger partial charge in [-0.2, -0.15) is 0 Å². The van der Waals surface area contributed by atoms with Crippen molar-refractivity contribution >= 4 is 26.7 Å². The lowest BCUT2D eigenvalue weighted by atomic mass is 10.0. The Morgan fingerprint density at radius 2 is 2.00 bits per heavy atom. The van der Waals surface area contributed by atoms with Gasteiger partial charge in [-0.25, -0.2) is 4.39 Å². The SMILES string of the molecule is CC(Br)c1cccc2cc(F)ccc12. The molecule has 0 fully saturated rings. The summed E-state index contributed by atoms with van der Waals surface area (Å²) in [6.45, 7) is 2.07. The van der Waals surface area contributed by atoms with Crippen LogP contribution in [0.25, 0.3) is 10.8 Å². The lowest BCUT2D eigenvalue weighted by molar-refractivity contribution is 0.629. The van der Waals surface area contributed by atoms with Gasteiger partial charge in [0.25, 0.3) is 0 Å². The highest BCUT2D eigenvalue weighted by Gasteiger charge is 2.05. The van der Waals surface area contributed by atoms with Crippen molar-refractivity contribution < 1.29 is 4.39 Å². The zero-order chi connectivity index (χ0) is 10.1. The molecule has 14 heavy (non-hydrogen) atoms. The molecule has 0 aromatic heterocycles. The van der Waals surface area contributed by atoms with Gasteiger partial charge >= 0.3 is 0 Å². The monoisotopic (exact) mass is 252 g/mol. The fourth-order valence-corrected chi connectivity index (χ4v) is 2.03. The van der Waals surface area contributed by atoms with Gasteiger partial charge in [-0.1, -0.05) is 40.2 Å². The molecule has 0 aliphatic heterocycles. The van der Waals surface area contributed by atoms with E-state index in [0.29, 0.717) is 0 Å². The summed E-state index contributed by atoms with van der Waals surface area (Å²) in [6.07, 6.45) is 0. The Hall–Kier alpha value is -0.890. The molecular formula is C12H10BrF. The molecule has 1 atom stereocenters. The average Bonchev–Trinajstić information content (AvgIpc) is 2.16. The van der Waals surface area contributed by atoms with Crippen LogP contribution in [0.5, 0.6) is 0 Å². The Labute approximate surface area is 90.9 Å². The second-order valence-corrected chi connectivity index (χ2v) is 4.70. The molecule has 0 saturated heterocycles. The molecule has 2 aromatic rings. The Kier molecular flexibility index (Phi) is 2.55. The third-order valence-electron chi connectivity index (χ3n) is 2.30. The lowest BCUT2D eigenvalue weighted by Gasteiger charge is -2.08. The van der Waals surface area contributed by atoms with Gasteiger partial charge < -0.3 is 0 Å². The van der Waals surface area contributed by atoms with Crippen molar-refractivity contribution in [1.29, 1.82) is 0 Å². The van der Waals surface area contributed by atoms with Crippen LogP contribution in [0.1, 0.15) is 17.3 Å². The van der Waals surface area contributed by atoms with Gasteiger partial charge in [0.2, 0.25) is 0 Å². The van der Waals surface area contributed by atoms with E-state index in [1.807, 2.05) is 18.2 Å². The van der Waals surface area contributed by atoms with Gasteiger partial charge in [0.15, 0.2) is 0 Å². The fourth-order valence-electron chi connectivity index (χ4n) is 1.63. The average molecular weight is 253 g/mol. The van der Waals surface area contributed by atoms with Crippen molar-refractivity contribution in [2.75, 3.05) is 0 Å². The second-order valence-electron chi connectivity index (χ2n) is 3.33. The van der Waals surface area contributed by atoms with Gasteiger partial charge in [0, 0.05) is 4.83 Å². The summed E-state index contributed by atoms with van der Waals surface area (Å²) in [6, 6.07) is 10.8. The molecule has 0 heterocycles. The summed E-state index contributed by atoms with van der Waals surface area (Å²) in [4.78, 5) is 0.289. The normalized spacial score (nSPS) is 13.1. The van der Waals surface area contributed by atoms with Crippen molar-refractivity contribution in [3.8, 4) is 0 Å². The van der Waals surface area contributed by atoms with E-state index in [1.54, 1.807) is 6.07 Å². The smallest absolute Gasteiger partial charge is 0.123 e. The third kappa shape index (κ3) is 1.67. The molecule has 0 saturated carbocycles. The van der Waals surface area contributed by atoms with Crippen LogP contribution in [0.15, 0.2) is 36.4 Å². The summed E-state index contributed by atoms with van der Waals surface area (Å²) in [7, 11) is 0. The van der Waals surface area contributed by atoms with Crippen molar-refractivity contribution in [3.63, 3.8) is 0 Å². The number of rotatable bonds is 1. The number of halogens is 2. The number of fused-ring (bicyclic) bond motifs is 1. The molecule has 2 rings (SSSR count). The maximum atomic E-state index is 13.0. The van der Waals surface area contributed by atoms with Crippen LogP contribution in [-0.4, -0.2) is 0 Å². The Morgan fingerprint density at radius 3 is 2.71 bits per heavy atom. The number of alkyl halides is 1. The molecule has 0 aliphatic carbocycles. The molecule has 0 nitrogen and oxygen atoms in total. The van der Waals surface area contributed by atoms with Gasteiger partial charge in [-0.05, 0) is 35.4 Å². The number of benzene rings is 2. The molecule has 2 aromatic carbocycles. The fraction of sp³-hybridized carbons (Fsp3) is 0.167. The van der Waals surface area contributed by atoms with Crippen LogP contribution in [-0.2, 0) is 0 Å². The first-order valence-electron chi connectivity index (χ1n) is 4.51. The van der Waals surface area contributed by atoms with Gasteiger partial charge in [-0.15, -0.1) is 0 Å². The van der Waals surface area contributed by atoms with E-state index in [0.717, 1.165) is 10.8 Å². The molecule has 0 radical (unpaired) electrons. The van der Waals surface area contributed by atoms with Crippen molar-refractivity contribution in [3.05, 3.63) is 47.8 Å². The lowest BCUT2D eigenvalue weighted by Crippen LogP contribution is -1.86. The predicted octanol–water partition coefficient (Wildman–Crippen LogP) is 4.43. The standard InChI is InChI=1S/C12H10BrF/c1-8(13)11-4-2-3-9-7-10(14)5-6-12(9)11/h2-8H,1H3. The summed E-state index contributed by atoms with van der Waals surface area (Å²) in [5.74, 6) is -0.183. The van der Waals surface area contributed by atoms with E-state index in [2.05, 4.69) is 28.9 Å². The first kappa shape index (κ1) is 9.66. The minimum atomic E-state index is -0.183. The Morgan fingerprint density at radius 1 is 1.21 bits per heavy atom. The maximum absolute atomic E-state index is 13.0. The first-order chi connectivity index (χ1) is 6.68. The van der Waals surface area contributed by atoms with Crippen molar-refractivity contribution in [1.82, 2.24) is 0 Å². The van der Waals surface area contributed by atoms with Gasteiger partial charge in [0.1, 0.15) is 5.82 Å². The summed E-state index contributed by atoms with van der Waals surface area (Å²) in [5.41, 5.74) is 1.20. The Balaban J connectivity index is 2.75. The van der Waals surface area contributed by atoms with E-state index >= 15 is 0 Å². The van der Waals surface area contributed by atoms with E-state index in [4.69, 9.17) is 0 Å². The van der Waals surface area contributed by atoms with Crippen LogP contribution in [0.4, 0.5) is 4.39 Å². The summed E-state index contributed by atoms with van der Waals surface area (Å²) < 4.78 is 13.0. The Bertz CT molecular complexity index is 463. The molecule has 0 spiro atoms. The molecule has 0 aliphatic rings. The first-order valence-corrected chi connectivity index (χ1v) is 5.42. The topological polar surface area (TPSA) is 0 Å². The number of hydrogen-bond acceptors (Lipinski definition) is 0. The van der Waals surface area contributed by atoms with Gasteiger partial charge in [-0.3, -0.25) is 0 Å². The summed E-state index contributed by atoms with van der Waals surface area (Å²) >= 11 is 3.53. The molecule has 1 unspecified atom stereocenters. The molecule has 0 bridgehead atoms. The van der Waals surface area contributed by atoms with Crippen LogP contribution in [0, 0.1) is 5.82 Å². The van der Waals surface area contributed by atoms with Crippen LogP contribution < -0.4 is 0 Å². The minimum absolute atomic E-state index is 0.183.